The van der Waals surface area contributed by atoms with Crippen LogP contribution in [-0.2, 0) is 14.4 Å². The third-order valence-corrected chi connectivity index (χ3v) is 20.6. The Hall–Kier alpha value is -5.20. The molecule has 0 aliphatic heterocycles. The van der Waals surface area contributed by atoms with Crippen LogP contribution in [0.5, 0.6) is 0 Å². The number of rotatable bonds is 15. The lowest BCUT2D eigenvalue weighted by atomic mass is 9.88. The summed E-state index contributed by atoms with van der Waals surface area (Å²) in [6.45, 7) is 7.48. The number of benzene rings is 3. The van der Waals surface area contributed by atoms with Crippen LogP contribution in [0.4, 0.5) is 0 Å². The normalized spacial score (nSPS) is 13.0. The number of carbonyl (C=O) groups is 6. The number of aromatic nitrogens is 6. The molecule has 89 heavy (non-hydrogen) atoms. The van der Waals surface area contributed by atoms with Crippen molar-refractivity contribution < 1.29 is 28.8 Å². The molecule has 0 bridgehead atoms. The third kappa shape index (κ3) is 16.5. The first-order valence-electron chi connectivity index (χ1n) is 28.0. The molecular weight excluding hydrogens is 1470 g/mol. The Morgan fingerprint density at radius 3 is 1.19 bits per heavy atom. The maximum Gasteiger partial charge on any atom is 0.278 e. The van der Waals surface area contributed by atoms with Crippen LogP contribution in [0.1, 0.15) is 126 Å². The van der Waals surface area contributed by atoms with Gasteiger partial charge in [0.25, 0.3) is 17.7 Å². The van der Waals surface area contributed by atoms with Gasteiger partial charge < -0.3 is 0 Å². The van der Waals surface area contributed by atoms with Crippen molar-refractivity contribution in [3.05, 3.63) is 167 Å². The van der Waals surface area contributed by atoms with E-state index in [0.29, 0.717) is 80.3 Å². The Labute approximate surface area is 577 Å². The van der Waals surface area contributed by atoms with Crippen molar-refractivity contribution in [1.82, 2.24) is 45.3 Å². The Morgan fingerprint density at radius 1 is 0.483 bits per heavy atom. The van der Waals surface area contributed by atoms with Crippen LogP contribution < -0.4 is 16.0 Å². The molecule has 2 aliphatic rings. The zero-order valence-corrected chi connectivity index (χ0v) is 58.8. The van der Waals surface area contributed by atoms with Crippen LogP contribution in [0.25, 0.3) is 48.8 Å². The molecule has 2 aliphatic carbocycles. The fourth-order valence-electron chi connectivity index (χ4n) is 9.85. The molecule has 0 atom stereocenters. The summed E-state index contributed by atoms with van der Waals surface area (Å²) >= 11 is 54.9. The van der Waals surface area contributed by atoms with Crippen LogP contribution in [0, 0.1) is 32.6 Å². The van der Waals surface area contributed by atoms with Crippen LogP contribution in [0.2, 0.25) is 34.5 Å². The highest BCUT2D eigenvalue weighted by molar-refractivity contribution is 9.11. The number of nitrogens with zero attached hydrogens (tertiary/aromatic N) is 6. The number of hydrogen-bond acceptors (Lipinski definition) is 12. The number of thiophene rings is 3. The van der Waals surface area contributed by atoms with Crippen molar-refractivity contribution in [1.29, 1.82) is 0 Å². The average Bonchev–Trinajstić information content (AvgIpc) is 1.80. The highest BCUT2D eigenvalue weighted by Gasteiger charge is 2.34. The topological polar surface area (TPSA) is 192 Å². The maximum absolute atomic E-state index is 13.0. The third-order valence-electron chi connectivity index (χ3n) is 14.5. The van der Waals surface area contributed by atoms with E-state index in [1.54, 1.807) is 81.6 Å². The van der Waals surface area contributed by atoms with Gasteiger partial charge in [-0.15, -0.1) is 34.0 Å². The first-order valence-corrected chi connectivity index (χ1v) is 34.7. The largest absolute Gasteiger partial charge is 0.291 e. The minimum absolute atomic E-state index is 0.0650. The van der Waals surface area contributed by atoms with Crippen molar-refractivity contribution in [2.24, 2.45) is 11.8 Å². The molecule has 6 aromatic heterocycles. The van der Waals surface area contributed by atoms with Crippen LogP contribution in [-0.4, -0.2) is 64.8 Å². The zero-order valence-electron chi connectivity index (χ0n) is 47.9. The van der Waals surface area contributed by atoms with Crippen molar-refractivity contribution in [3.63, 3.8) is 0 Å². The maximum atomic E-state index is 13.0. The minimum atomic E-state index is -0.540. The molecule has 27 heteroatoms. The quantitative estimate of drug-likeness (QED) is 0.0662. The molecule has 464 valence electrons. The fourth-order valence-corrected chi connectivity index (χ4v) is 15.4. The number of halogens is 9. The Bertz CT molecular complexity index is 4180. The van der Waals surface area contributed by atoms with Gasteiger partial charge in [-0.3, -0.25) is 44.7 Å². The van der Waals surface area contributed by atoms with Gasteiger partial charge in [0.1, 0.15) is 0 Å². The van der Waals surface area contributed by atoms with Gasteiger partial charge in [0.05, 0.1) is 75.8 Å². The Morgan fingerprint density at radius 2 is 0.854 bits per heavy atom. The van der Waals surface area contributed by atoms with Gasteiger partial charge in [-0.05, 0) is 176 Å². The van der Waals surface area contributed by atoms with Crippen LogP contribution in [0.15, 0.2) is 98.6 Å². The molecule has 15 nitrogen and oxygen atoms in total. The molecule has 0 saturated heterocycles. The van der Waals surface area contributed by atoms with E-state index in [4.69, 9.17) is 81.2 Å². The summed E-state index contributed by atoms with van der Waals surface area (Å²) < 4.78 is 7.38. The van der Waals surface area contributed by atoms with E-state index < -0.39 is 17.7 Å². The average molecular weight is 1530 g/mol. The first kappa shape index (κ1) is 68.2. The molecule has 0 spiro atoms. The van der Waals surface area contributed by atoms with Gasteiger partial charge in [0, 0.05) is 50.0 Å². The number of carbonyl (C=O) groups excluding carboxylic acids is 6. The summed E-state index contributed by atoms with van der Waals surface area (Å²) in [7, 11) is 0. The van der Waals surface area contributed by atoms with Gasteiger partial charge in [-0.1, -0.05) is 120 Å². The second-order valence-corrected chi connectivity index (χ2v) is 30.1. The summed E-state index contributed by atoms with van der Waals surface area (Å²) in [5.41, 5.74) is 6.45. The second-order valence-electron chi connectivity index (χ2n) is 20.9. The molecular formula is C62H54Br2Cl7N9O6S3. The van der Waals surface area contributed by atoms with E-state index in [-0.39, 0.29) is 46.6 Å². The van der Waals surface area contributed by atoms with E-state index >= 15 is 0 Å². The van der Waals surface area contributed by atoms with Crippen molar-refractivity contribution >= 4 is 183 Å². The lowest BCUT2D eigenvalue weighted by Crippen LogP contribution is -2.37. The number of hydrogen-bond donors (Lipinski definition) is 3. The smallest absolute Gasteiger partial charge is 0.278 e. The standard InChI is InChI=1S/C22H20BrCl2N3O2S.C21H20Cl3N3O2S.C19H14BrCl2N3O2S/c1-12-19(22(30)26-21(29)13-5-3-2-4-6-13)27-28(16-8-7-14(24)11-15(16)25)20(12)17-9-10-18(23)31-17;1-3-4-5-6-18(28)25-21(29)19-12(2)20(16-9-10-17(24)30-16)27(26-19)15-8-7-13(22)11-14(15)23;1-9-16(19(27)23-18(26)10-2-3-10)24-25(13-5-4-11(21)8-12(13)22)17(9)14-6-7-15(20)28-14/h7-11,13H,2-6H2,1H3,(H,26,29,30);7-11H,3-6H2,1-2H3,(H,25,28,29);4-8,10H,2-3H2,1H3,(H,23,26,27). The van der Waals surface area contributed by atoms with Crippen LogP contribution >= 0.6 is 147 Å². The molecule has 6 amide bonds. The summed E-state index contributed by atoms with van der Waals surface area (Å²) in [6, 6.07) is 26.6. The molecule has 6 heterocycles. The number of unbranched alkanes of at least 4 members (excludes halogenated alkanes) is 2. The highest BCUT2D eigenvalue weighted by atomic mass is 79.9. The van der Waals surface area contributed by atoms with E-state index in [9.17, 15) is 28.8 Å². The first-order chi connectivity index (χ1) is 42.5. The Balaban J connectivity index is 0.000000159. The zero-order chi connectivity index (χ0) is 64.0. The molecule has 9 aromatic rings. The summed E-state index contributed by atoms with van der Waals surface area (Å²) in [4.78, 5) is 77.9. The number of amides is 6. The van der Waals surface area contributed by atoms with Crippen molar-refractivity contribution in [2.75, 3.05) is 0 Å². The van der Waals surface area contributed by atoms with Crippen LogP contribution in [0.3, 0.4) is 0 Å². The van der Waals surface area contributed by atoms with Gasteiger partial charge in [-0.25, -0.2) is 14.0 Å². The lowest BCUT2D eigenvalue weighted by molar-refractivity contribution is -0.125. The SMILES string of the molecule is CCCCCC(=O)NC(=O)c1nn(-c2ccc(Cl)cc2Cl)c(-c2ccc(Cl)s2)c1C.Cc1c(C(=O)NC(=O)C2CC2)nn(-c2ccc(Cl)cc2Cl)c1-c1ccc(Br)s1.Cc1c(C(=O)NC(=O)C2CCCCC2)nn(-c2ccc(Cl)cc2Cl)c1-c1ccc(Br)s1. The number of nitrogens with one attached hydrogen (secondary N) is 3. The van der Waals surface area contributed by atoms with Gasteiger partial charge >= 0.3 is 0 Å². The molecule has 11 rings (SSSR count). The summed E-state index contributed by atoms with van der Waals surface area (Å²) in [5, 5.41) is 23.7. The Kier molecular flexibility index (Phi) is 23.4. The van der Waals surface area contributed by atoms with Crippen molar-refractivity contribution in [2.45, 2.75) is 98.3 Å². The van der Waals surface area contributed by atoms with Gasteiger partial charge in [-0.2, -0.15) is 15.3 Å². The predicted octanol–water partition coefficient (Wildman–Crippen LogP) is 19.2. The van der Waals surface area contributed by atoms with E-state index in [2.05, 4.69) is 70.0 Å². The van der Waals surface area contributed by atoms with E-state index in [0.717, 1.165) is 97.8 Å². The molecule has 2 fully saturated rings. The monoisotopic (exact) mass is 1520 g/mol. The van der Waals surface area contributed by atoms with E-state index in [1.165, 1.54) is 34.0 Å². The lowest BCUT2D eigenvalue weighted by Gasteiger charge is -2.19. The number of imide groups is 3. The molecule has 2 saturated carbocycles. The fraction of sp³-hybridized carbons (Fsp3) is 0.274. The second kappa shape index (κ2) is 30.5. The highest BCUT2D eigenvalue weighted by Crippen LogP contribution is 2.41. The molecule has 0 unspecified atom stereocenters. The summed E-state index contributed by atoms with van der Waals surface area (Å²) in [5.74, 6) is -2.49. The molecule has 3 N–H and O–H groups in total. The van der Waals surface area contributed by atoms with Gasteiger partial charge in [0.2, 0.25) is 17.7 Å². The van der Waals surface area contributed by atoms with Crippen molar-refractivity contribution in [3.8, 4) is 48.8 Å². The summed E-state index contributed by atoms with van der Waals surface area (Å²) in [6.07, 6.45) is 9.44. The van der Waals surface area contributed by atoms with Gasteiger partial charge in [0.15, 0.2) is 17.1 Å². The predicted molar refractivity (Wildman–Crippen MR) is 366 cm³/mol. The molecule has 0 radical (unpaired) electrons. The molecule has 3 aromatic carbocycles. The minimum Gasteiger partial charge on any atom is -0.291 e. The van der Waals surface area contributed by atoms with E-state index in [1.807, 2.05) is 44.2 Å².